The zero-order chi connectivity index (χ0) is 13.9. The van der Waals surface area contributed by atoms with Crippen LogP contribution in [0.4, 0.5) is 0 Å². The quantitative estimate of drug-likeness (QED) is 0.569. The Labute approximate surface area is 114 Å². The van der Waals surface area contributed by atoms with Crippen molar-refractivity contribution in [3.05, 3.63) is 0 Å². The topological polar surface area (TPSA) is 105 Å². The van der Waals surface area contributed by atoms with Gasteiger partial charge in [-0.3, -0.25) is 4.79 Å². The first kappa shape index (κ1) is 14.7. The number of likely N-dealkylation sites (tertiary alicyclic amines) is 1. The summed E-state index contributed by atoms with van der Waals surface area (Å²) >= 11 is 0. The van der Waals surface area contributed by atoms with Gasteiger partial charge in [0.25, 0.3) is 10.2 Å². The van der Waals surface area contributed by atoms with Gasteiger partial charge in [0.1, 0.15) is 0 Å². The lowest BCUT2D eigenvalue weighted by Crippen LogP contribution is -2.47. The van der Waals surface area contributed by atoms with Gasteiger partial charge >= 0.3 is 0 Å². The predicted molar refractivity (Wildman–Crippen MR) is 71.4 cm³/mol. The smallest absolute Gasteiger partial charge is 0.274 e. The Kier molecular flexibility index (Phi) is 4.77. The molecule has 1 aliphatic carbocycles. The minimum absolute atomic E-state index is 0.104. The maximum atomic E-state index is 12.0. The second-order valence-electron chi connectivity index (χ2n) is 5.40. The molecule has 0 aromatic rings. The maximum Gasteiger partial charge on any atom is 0.274 e. The number of amides is 1. The largest absolute Gasteiger partial charge is 0.341 e. The molecule has 8 heteroatoms. The van der Waals surface area contributed by atoms with Crippen molar-refractivity contribution in [1.82, 2.24) is 14.9 Å². The molecule has 1 unspecified atom stereocenters. The molecule has 0 bridgehead atoms. The van der Waals surface area contributed by atoms with Crippen LogP contribution in [-0.2, 0) is 15.0 Å². The van der Waals surface area contributed by atoms with Crippen LogP contribution in [0.15, 0.2) is 0 Å². The highest BCUT2D eigenvalue weighted by atomic mass is 32.2. The Balaban J connectivity index is 1.73. The van der Waals surface area contributed by atoms with Crippen molar-refractivity contribution < 1.29 is 13.2 Å². The summed E-state index contributed by atoms with van der Waals surface area (Å²) in [5.41, 5.74) is 0. The Morgan fingerprint density at radius 2 is 2.05 bits per heavy atom. The van der Waals surface area contributed by atoms with Crippen molar-refractivity contribution in [2.45, 2.75) is 31.7 Å². The fourth-order valence-corrected chi connectivity index (χ4v) is 2.79. The molecule has 0 aromatic heterocycles. The van der Waals surface area contributed by atoms with E-state index in [1.54, 1.807) is 0 Å². The minimum atomic E-state index is -3.64. The SMILES string of the molecule is NS(=O)(=O)NCC1CCCN(C(=O)CNC2CC2)C1. The molecular weight excluding hydrogens is 268 g/mol. The van der Waals surface area contributed by atoms with Crippen LogP contribution in [0.3, 0.4) is 0 Å². The third-order valence-electron chi connectivity index (χ3n) is 3.56. The number of nitrogens with zero attached hydrogens (tertiary/aromatic N) is 1. The Bertz CT molecular complexity index is 422. The molecule has 1 amide bonds. The number of carbonyl (C=O) groups is 1. The Hall–Kier alpha value is -0.700. The van der Waals surface area contributed by atoms with Gasteiger partial charge in [-0.2, -0.15) is 8.42 Å². The van der Waals surface area contributed by atoms with E-state index in [0.717, 1.165) is 32.2 Å². The lowest BCUT2D eigenvalue weighted by Gasteiger charge is -2.32. The van der Waals surface area contributed by atoms with Crippen molar-refractivity contribution in [3.63, 3.8) is 0 Å². The Morgan fingerprint density at radius 1 is 1.32 bits per heavy atom. The molecular formula is C11H22N4O3S. The summed E-state index contributed by atoms with van der Waals surface area (Å²) < 4.78 is 24.0. The molecule has 1 saturated carbocycles. The third-order valence-corrected chi connectivity index (χ3v) is 4.13. The summed E-state index contributed by atoms with van der Waals surface area (Å²) in [4.78, 5) is 13.8. The average Bonchev–Trinajstić information content (AvgIpc) is 3.17. The zero-order valence-electron chi connectivity index (χ0n) is 11.0. The van der Waals surface area contributed by atoms with Crippen molar-refractivity contribution in [3.8, 4) is 0 Å². The molecule has 1 aliphatic heterocycles. The molecule has 0 aromatic carbocycles. The molecule has 4 N–H and O–H groups in total. The van der Waals surface area contributed by atoms with Gasteiger partial charge in [0, 0.05) is 25.7 Å². The minimum Gasteiger partial charge on any atom is -0.341 e. The molecule has 0 radical (unpaired) electrons. The highest BCUT2D eigenvalue weighted by molar-refractivity contribution is 7.87. The fraction of sp³-hybridized carbons (Fsp3) is 0.909. The van der Waals surface area contributed by atoms with Crippen LogP contribution in [-0.4, -0.2) is 51.4 Å². The van der Waals surface area contributed by atoms with Gasteiger partial charge in [-0.25, -0.2) is 9.86 Å². The van der Waals surface area contributed by atoms with Crippen LogP contribution >= 0.6 is 0 Å². The van der Waals surface area contributed by atoms with E-state index in [-0.39, 0.29) is 11.8 Å². The summed E-state index contributed by atoms with van der Waals surface area (Å²) in [5.74, 6) is 0.254. The third kappa shape index (κ3) is 5.43. The van der Waals surface area contributed by atoms with Crippen LogP contribution in [0.5, 0.6) is 0 Å². The van der Waals surface area contributed by atoms with E-state index in [1.807, 2.05) is 4.90 Å². The average molecular weight is 290 g/mol. The first-order valence-electron chi connectivity index (χ1n) is 6.72. The first-order valence-corrected chi connectivity index (χ1v) is 8.27. The van der Waals surface area contributed by atoms with Gasteiger partial charge in [0.05, 0.1) is 6.54 Å². The number of nitrogens with two attached hydrogens (primary N) is 1. The molecule has 1 heterocycles. The van der Waals surface area contributed by atoms with Crippen molar-refractivity contribution in [2.75, 3.05) is 26.2 Å². The monoisotopic (exact) mass is 290 g/mol. The van der Waals surface area contributed by atoms with Gasteiger partial charge in [-0.15, -0.1) is 0 Å². The normalized spacial score (nSPS) is 24.5. The summed E-state index contributed by atoms with van der Waals surface area (Å²) in [6.07, 6.45) is 4.15. The summed E-state index contributed by atoms with van der Waals surface area (Å²) in [6, 6.07) is 0.522. The van der Waals surface area contributed by atoms with Gasteiger partial charge in [0.2, 0.25) is 5.91 Å². The van der Waals surface area contributed by atoms with Crippen molar-refractivity contribution in [1.29, 1.82) is 0 Å². The molecule has 7 nitrogen and oxygen atoms in total. The predicted octanol–water partition coefficient (Wildman–Crippen LogP) is -1.23. The van der Waals surface area contributed by atoms with Gasteiger partial charge in [-0.1, -0.05) is 0 Å². The number of piperidine rings is 1. The standard InChI is InChI=1S/C11H22N4O3S/c12-19(17,18)14-6-9-2-1-5-15(8-9)11(16)7-13-10-3-4-10/h9-10,13-14H,1-8H2,(H2,12,17,18). The number of hydrogen-bond donors (Lipinski definition) is 3. The second-order valence-corrected chi connectivity index (χ2v) is 6.78. The molecule has 1 saturated heterocycles. The van der Waals surface area contributed by atoms with E-state index in [4.69, 9.17) is 5.14 Å². The van der Waals surface area contributed by atoms with E-state index in [0.29, 0.717) is 25.7 Å². The molecule has 2 fully saturated rings. The van der Waals surface area contributed by atoms with E-state index >= 15 is 0 Å². The molecule has 2 rings (SSSR count). The molecule has 0 spiro atoms. The summed E-state index contributed by atoms with van der Waals surface area (Å²) in [6.45, 7) is 2.06. The fourth-order valence-electron chi connectivity index (χ4n) is 2.32. The second kappa shape index (κ2) is 6.17. The molecule has 110 valence electrons. The van der Waals surface area contributed by atoms with E-state index in [9.17, 15) is 13.2 Å². The molecule has 2 aliphatic rings. The van der Waals surface area contributed by atoms with Crippen molar-refractivity contribution in [2.24, 2.45) is 11.1 Å². The number of nitrogens with one attached hydrogen (secondary N) is 2. The van der Waals surface area contributed by atoms with Crippen LogP contribution in [0.25, 0.3) is 0 Å². The van der Waals surface area contributed by atoms with Gasteiger partial charge in [0.15, 0.2) is 0 Å². The highest BCUT2D eigenvalue weighted by Gasteiger charge is 2.26. The molecule has 19 heavy (non-hydrogen) atoms. The highest BCUT2D eigenvalue weighted by Crippen LogP contribution is 2.19. The first-order chi connectivity index (χ1) is 8.94. The van der Waals surface area contributed by atoms with Gasteiger partial charge in [-0.05, 0) is 31.6 Å². The maximum absolute atomic E-state index is 12.0. The summed E-state index contributed by atoms with van der Waals surface area (Å²) in [7, 11) is -3.64. The van der Waals surface area contributed by atoms with Crippen LogP contribution in [0.2, 0.25) is 0 Å². The van der Waals surface area contributed by atoms with Gasteiger partial charge < -0.3 is 10.2 Å². The number of carbonyl (C=O) groups excluding carboxylic acids is 1. The van der Waals surface area contributed by atoms with Crippen LogP contribution in [0.1, 0.15) is 25.7 Å². The summed E-state index contributed by atoms with van der Waals surface area (Å²) in [5, 5.41) is 8.11. The van der Waals surface area contributed by atoms with Crippen molar-refractivity contribution >= 4 is 16.1 Å². The lowest BCUT2D eigenvalue weighted by atomic mass is 9.98. The number of hydrogen-bond acceptors (Lipinski definition) is 4. The lowest BCUT2D eigenvalue weighted by molar-refractivity contribution is -0.132. The van der Waals surface area contributed by atoms with E-state index < -0.39 is 10.2 Å². The zero-order valence-corrected chi connectivity index (χ0v) is 11.8. The van der Waals surface area contributed by atoms with Crippen LogP contribution < -0.4 is 15.2 Å². The van der Waals surface area contributed by atoms with E-state index in [2.05, 4.69) is 10.0 Å². The van der Waals surface area contributed by atoms with E-state index in [1.165, 1.54) is 0 Å². The number of rotatable bonds is 6. The Morgan fingerprint density at radius 3 is 2.68 bits per heavy atom. The van der Waals surface area contributed by atoms with Crippen LogP contribution in [0, 0.1) is 5.92 Å². The molecule has 1 atom stereocenters.